The Morgan fingerprint density at radius 3 is 2.00 bits per heavy atom. The molecule has 0 radical (unpaired) electrons. The first-order chi connectivity index (χ1) is 11.7. The predicted molar refractivity (Wildman–Crippen MR) is 90.5 cm³/mol. The van der Waals surface area contributed by atoms with E-state index >= 15 is 0 Å². The largest absolute Gasteiger partial charge is 0.463 e. The number of carbonyl (C=O) groups excluding carboxylic acids is 1. The van der Waals surface area contributed by atoms with Gasteiger partial charge in [0, 0.05) is 20.1 Å². The van der Waals surface area contributed by atoms with Gasteiger partial charge in [0.2, 0.25) is 0 Å². The Morgan fingerprint density at radius 1 is 1.00 bits per heavy atom. The molecule has 0 spiro atoms. The quantitative estimate of drug-likeness (QED) is 0.651. The number of hydrogen-bond donors (Lipinski definition) is 1. The lowest BCUT2D eigenvalue weighted by molar-refractivity contribution is -0.164. The first kappa shape index (κ1) is 16.6. The number of fused-ring (bicyclic) bond motifs is 3. The van der Waals surface area contributed by atoms with E-state index in [0.29, 0.717) is 0 Å². The second kappa shape index (κ2) is 7.13. The monoisotopic (exact) mass is 327 g/mol. The number of rotatable bonds is 6. The molecule has 2 aromatic rings. The zero-order valence-corrected chi connectivity index (χ0v) is 13.8. The number of hydrogen-bond acceptors (Lipinski definition) is 5. The van der Waals surface area contributed by atoms with Crippen LogP contribution in [0, 0.1) is 0 Å². The van der Waals surface area contributed by atoms with Crippen molar-refractivity contribution in [2.24, 2.45) is 5.73 Å². The van der Waals surface area contributed by atoms with Gasteiger partial charge in [0.15, 0.2) is 12.3 Å². The molecule has 2 aromatic carbocycles. The Bertz CT molecular complexity index is 681. The topological polar surface area (TPSA) is 70.8 Å². The first-order valence-corrected chi connectivity index (χ1v) is 7.83. The maximum atomic E-state index is 12.2. The maximum absolute atomic E-state index is 12.2. The summed E-state index contributed by atoms with van der Waals surface area (Å²) in [6, 6.07) is 15.4. The van der Waals surface area contributed by atoms with Gasteiger partial charge in [-0.3, -0.25) is 4.79 Å². The third-order valence-electron chi connectivity index (χ3n) is 4.38. The van der Waals surface area contributed by atoms with Crippen LogP contribution in [0.25, 0.3) is 11.1 Å². The van der Waals surface area contributed by atoms with E-state index in [-0.39, 0.29) is 12.5 Å². The summed E-state index contributed by atoms with van der Waals surface area (Å²) in [6.45, 7) is 0.237. The van der Waals surface area contributed by atoms with Crippen molar-refractivity contribution < 1.29 is 19.0 Å². The van der Waals surface area contributed by atoms with E-state index in [1.165, 1.54) is 25.3 Å². The van der Waals surface area contributed by atoms with Crippen LogP contribution in [0.15, 0.2) is 48.5 Å². The smallest absolute Gasteiger partial charge is 0.328 e. The van der Waals surface area contributed by atoms with Crippen LogP contribution < -0.4 is 5.73 Å². The molecule has 1 unspecified atom stereocenters. The van der Waals surface area contributed by atoms with Crippen LogP contribution in [-0.2, 0) is 19.0 Å². The molecular formula is C19H21NO4. The van der Waals surface area contributed by atoms with E-state index in [2.05, 4.69) is 24.3 Å². The molecule has 126 valence electrons. The van der Waals surface area contributed by atoms with E-state index in [4.69, 9.17) is 19.9 Å². The van der Waals surface area contributed by atoms with Gasteiger partial charge in [-0.2, -0.15) is 0 Å². The molecule has 5 heteroatoms. The zero-order chi connectivity index (χ0) is 17.1. The Morgan fingerprint density at radius 2 is 1.50 bits per heavy atom. The molecule has 1 aliphatic rings. The molecule has 24 heavy (non-hydrogen) atoms. The summed E-state index contributed by atoms with van der Waals surface area (Å²) < 4.78 is 15.5. The van der Waals surface area contributed by atoms with Crippen LogP contribution in [0.1, 0.15) is 17.0 Å². The minimum atomic E-state index is -0.980. The summed E-state index contributed by atoms with van der Waals surface area (Å²) in [4.78, 5) is 12.2. The molecule has 0 saturated heterocycles. The van der Waals surface area contributed by atoms with Gasteiger partial charge in [0.25, 0.3) is 0 Å². The molecule has 0 fully saturated rings. The van der Waals surface area contributed by atoms with Crippen LogP contribution >= 0.6 is 0 Å². The SMILES string of the molecule is COC(OC)C(N)C(=O)OCC1c2ccccc2-c2ccccc21. The molecule has 1 atom stereocenters. The summed E-state index contributed by atoms with van der Waals surface area (Å²) in [7, 11) is 2.87. The average Bonchev–Trinajstić information content (AvgIpc) is 2.94. The van der Waals surface area contributed by atoms with Gasteiger partial charge in [0.1, 0.15) is 6.61 Å². The van der Waals surface area contributed by atoms with Crippen LogP contribution in [0.4, 0.5) is 0 Å². The molecule has 0 bridgehead atoms. The van der Waals surface area contributed by atoms with Crippen molar-refractivity contribution in [1.82, 2.24) is 0 Å². The lowest BCUT2D eigenvalue weighted by Gasteiger charge is -2.21. The van der Waals surface area contributed by atoms with Gasteiger partial charge >= 0.3 is 5.97 Å². The van der Waals surface area contributed by atoms with Gasteiger partial charge < -0.3 is 19.9 Å². The van der Waals surface area contributed by atoms with Crippen molar-refractivity contribution in [2.45, 2.75) is 18.2 Å². The van der Waals surface area contributed by atoms with Crippen molar-refractivity contribution in [3.05, 3.63) is 59.7 Å². The van der Waals surface area contributed by atoms with Crippen molar-refractivity contribution >= 4 is 5.97 Å². The zero-order valence-electron chi connectivity index (χ0n) is 13.8. The average molecular weight is 327 g/mol. The fourth-order valence-corrected chi connectivity index (χ4v) is 3.20. The minimum absolute atomic E-state index is 0.0112. The van der Waals surface area contributed by atoms with E-state index in [1.54, 1.807) is 0 Å². The summed E-state index contributed by atoms with van der Waals surface area (Å²) in [5.74, 6) is -0.525. The van der Waals surface area contributed by atoms with Gasteiger partial charge in [-0.15, -0.1) is 0 Å². The normalized spacial score (nSPS) is 14.3. The fourth-order valence-electron chi connectivity index (χ4n) is 3.20. The Hall–Kier alpha value is -2.21. The van der Waals surface area contributed by atoms with E-state index < -0.39 is 18.3 Å². The summed E-state index contributed by atoms with van der Waals surface area (Å²) in [6.07, 6.45) is -0.819. The molecule has 2 N–H and O–H groups in total. The van der Waals surface area contributed by atoms with Crippen LogP contribution in [0.3, 0.4) is 0 Å². The van der Waals surface area contributed by atoms with Crippen molar-refractivity contribution in [3.8, 4) is 11.1 Å². The Labute approximate surface area is 141 Å². The second-order valence-corrected chi connectivity index (χ2v) is 5.72. The lowest BCUT2D eigenvalue weighted by atomic mass is 9.98. The maximum Gasteiger partial charge on any atom is 0.328 e. The third-order valence-corrected chi connectivity index (χ3v) is 4.38. The summed E-state index contributed by atoms with van der Waals surface area (Å²) >= 11 is 0. The van der Waals surface area contributed by atoms with E-state index in [1.807, 2.05) is 24.3 Å². The van der Waals surface area contributed by atoms with E-state index in [9.17, 15) is 4.79 Å². The Balaban J connectivity index is 1.77. The molecule has 3 rings (SSSR count). The number of esters is 1. The molecule has 0 saturated carbocycles. The standard InChI is InChI=1S/C19H21NO4/c1-22-19(23-2)17(20)18(21)24-11-16-14-9-5-3-7-12(14)13-8-4-6-10-15(13)16/h3-10,16-17,19H,11,20H2,1-2H3. The number of benzene rings is 2. The highest BCUT2D eigenvalue weighted by Gasteiger charge is 2.31. The highest BCUT2D eigenvalue weighted by Crippen LogP contribution is 2.44. The molecule has 1 aliphatic carbocycles. The predicted octanol–water partition coefficient (Wildman–Crippen LogP) is 2.29. The third kappa shape index (κ3) is 2.94. The van der Waals surface area contributed by atoms with Crippen molar-refractivity contribution in [3.63, 3.8) is 0 Å². The van der Waals surface area contributed by atoms with Crippen molar-refractivity contribution in [1.29, 1.82) is 0 Å². The molecular weight excluding hydrogens is 306 g/mol. The van der Waals surface area contributed by atoms with Crippen LogP contribution in [-0.4, -0.2) is 39.1 Å². The highest BCUT2D eigenvalue weighted by molar-refractivity contribution is 5.79. The molecule has 0 heterocycles. The van der Waals surface area contributed by atoms with E-state index in [0.717, 1.165) is 11.1 Å². The van der Waals surface area contributed by atoms with Crippen LogP contribution in [0.5, 0.6) is 0 Å². The first-order valence-electron chi connectivity index (χ1n) is 7.83. The second-order valence-electron chi connectivity index (χ2n) is 5.72. The van der Waals surface area contributed by atoms with Gasteiger partial charge in [-0.1, -0.05) is 48.5 Å². The van der Waals surface area contributed by atoms with Crippen molar-refractivity contribution in [2.75, 3.05) is 20.8 Å². The molecule has 5 nitrogen and oxygen atoms in total. The fraction of sp³-hybridized carbons (Fsp3) is 0.316. The number of nitrogens with two attached hydrogens (primary N) is 1. The number of methoxy groups -OCH3 is 2. The summed E-state index contributed by atoms with van der Waals surface area (Å²) in [5.41, 5.74) is 10.5. The highest BCUT2D eigenvalue weighted by atomic mass is 16.7. The van der Waals surface area contributed by atoms with Gasteiger partial charge in [-0.25, -0.2) is 0 Å². The Kier molecular flexibility index (Phi) is 4.94. The van der Waals surface area contributed by atoms with Gasteiger partial charge in [-0.05, 0) is 22.3 Å². The number of carbonyl (C=O) groups is 1. The minimum Gasteiger partial charge on any atom is -0.463 e. The lowest BCUT2D eigenvalue weighted by Crippen LogP contribution is -2.45. The molecule has 0 amide bonds. The van der Waals surface area contributed by atoms with Gasteiger partial charge in [0.05, 0.1) is 0 Å². The molecule has 0 aromatic heterocycles. The van der Waals surface area contributed by atoms with Crippen LogP contribution in [0.2, 0.25) is 0 Å². The number of ether oxygens (including phenoxy) is 3. The molecule has 0 aliphatic heterocycles. The summed E-state index contributed by atoms with van der Waals surface area (Å²) in [5, 5.41) is 0.